The molecule has 0 unspecified atom stereocenters. The smallest absolute Gasteiger partial charge is 0.224 e. The molecular weight excluding hydrogens is 325 g/mol. The van der Waals surface area contributed by atoms with E-state index in [1.54, 1.807) is 19.2 Å². The van der Waals surface area contributed by atoms with Crippen molar-refractivity contribution in [2.45, 2.75) is 6.92 Å². The van der Waals surface area contributed by atoms with E-state index in [1.165, 1.54) is 6.20 Å². The fourth-order valence-corrected chi connectivity index (χ4v) is 2.97. The molecule has 0 aromatic carbocycles. The monoisotopic (exact) mass is 343 g/mol. The van der Waals surface area contributed by atoms with Crippen molar-refractivity contribution in [3.05, 3.63) is 23.8 Å². The number of fused-ring (bicyclic) bond motifs is 1. The highest BCUT2D eigenvalue weighted by Gasteiger charge is 2.26. The third-order valence-electron chi connectivity index (χ3n) is 4.23. The average Bonchev–Trinajstić information content (AvgIpc) is 2.63. The molecule has 2 aromatic heterocycles. The van der Waals surface area contributed by atoms with Gasteiger partial charge in [0.05, 0.1) is 31.6 Å². The minimum atomic E-state index is -0.481. The molecule has 1 saturated heterocycles. The van der Waals surface area contributed by atoms with E-state index in [-0.39, 0.29) is 5.95 Å². The van der Waals surface area contributed by atoms with Crippen LogP contribution in [0.25, 0.3) is 0 Å². The second-order valence-corrected chi connectivity index (χ2v) is 5.90. The molecule has 0 saturated carbocycles. The van der Waals surface area contributed by atoms with Crippen molar-refractivity contribution >= 4 is 35.2 Å². The Labute approximate surface area is 144 Å². The summed E-state index contributed by atoms with van der Waals surface area (Å²) in [7, 11) is 0. The average molecular weight is 343 g/mol. The van der Waals surface area contributed by atoms with Crippen LogP contribution in [0.3, 0.4) is 0 Å². The van der Waals surface area contributed by atoms with Crippen molar-refractivity contribution in [3.63, 3.8) is 0 Å². The van der Waals surface area contributed by atoms with Crippen molar-refractivity contribution in [2.75, 3.05) is 48.4 Å². The summed E-state index contributed by atoms with van der Waals surface area (Å²) >= 11 is 0. The Balaban J connectivity index is 1.79. The molecule has 4 heterocycles. The number of aliphatic imine (C=N–C) groups is 1. The molecule has 0 spiro atoms. The minimum Gasteiger partial charge on any atom is -0.378 e. The first-order chi connectivity index (χ1) is 12.1. The number of aromatic nitrogens is 3. The molecule has 2 aromatic rings. The van der Waals surface area contributed by atoms with Gasteiger partial charge in [0.15, 0.2) is 11.6 Å². The van der Waals surface area contributed by atoms with E-state index < -0.39 is 5.95 Å². The molecule has 0 aliphatic carbocycles. The lowest BCUT2D eigenvalue weighted by molar-refractivity contribution is 0.122. The fraction of sp³-hybridized carbons (Fsp3) is 0.375. The molecular formula is C16H18FN7O. The standard InChI is InChI=1S/C16H18FN7O/c1-10-8-11(9-20-13(10)17)24-3-2-19-12-14(21-16(18)22-15(12)24)23-4-6-25-7-5-23/h2,8-9H,3-7H2,1H3,(H2,18,21,22). The molecule has 8 nitrogen and oxygen atoms in total. The summed E-state index contributed by atoms with van der Waals surface area (Å²) in [4.78, 5) is 21.1. The van der Waals surface area contributed by atoms with Gasteiger partial charge in [0.1, 0.15) is 5.69 Å². The lowest BCUT2D eigenvalue weighted by Crippen LogP contribution is -2.37. The van der Waals surface area contributed by atoms with Gasteiger partial charge in [-0.25, -0.2) is 4.98 Å². The maximum absolute atomic E-state index is 13.5. The summed E-state index contributed by atoms with van der Waals surface area (Å²) in [5.74, 6) is 0.989. The number of rotatable bonds is 2. The highest BCUT2D eigenvalue weighted by molar-refractivity contribution is 5.90. The summed E-state index contributed by atoms with van der Waals surface area (Å²) < 4.78 is 18.9. The Morgan fingerprint density at radius 3 is 2.72 bits per heavy atom. The second-order valence-electron chi connectivity index (χ2n) is 5.90. The number of nitrogens with two attached hydrogens (primary N) is 1. The van der Waals surface area contributed by atoms with E-state index in [2.05, 4.69) is 24.8 Å². The number of ether oxygens (including phenoxy) is 1. The van der Waals surface area contributed by atoms with Gasteiger partial charge in [0.2, 0.25) is 11.9 Å². The van der Waals surface area contributed by atoms with E-state index in [1.807, 2.05) is 4.90 Å². The van der Waals surface area contributed by atoms with Crippen LogP contribution in [0.2, 0.25) is 0 Å². The first kappa shape index (κ1) is 15.7. The normalized spacial score (nSPS) is 16.9. The lowest BCUT2D eigenvalue weighted by Gasteiger charge is -2.32. The molecule has 1 fully saturated rings. The topological polar surface area (TPSA) is 92.8 Å². The number of halogens is 1. The molecule has 2 aliphatic rings. The van der Waals surface area contributed by atoms with Crippen LogP contribution in [-0.4, -0.2) is 54.0 Å². The molecule has 2 aliphatic heterocycles. The molecule has 9 heteroatoms. The van der Waals surface area contributed by atoms with Crippen LogP contribution in [0.1, 0.15) is 5.56 Å². The summed E-state index contributed by atoms with van der Waals surface area (Å²) in [6.45, 7) is 4.88. The van der Waals surface area contributed by atoms with Crippen LogP contribution in [0.5, 0.6) is 0 Å². The largest absolute Gasteiger partial charge is 0.378 e. The van der Waals surface area contributed by atoms with Gasteiger partial charge in [-0.1, -0.05) is 0 Å². The summed E-state index contributed by atoms with van der Waals surface area (Å²) in [5.41, 5.74) is 7.81. The number of aryl methyl sites for hydroxylation is 1. The number of anilines is 4. The lowest BCUT2D eigenvalue weighted by atomic mass is 10.2. The Bertz CT molecular complexity index is 835. The van der Waals surface area contributed by atoms with E-state index in [4.69, 9.17) is 10.5 Å². The second kappa shape index (κ2) is 6.25. The summed E-state index contributed by atoms with van der Waals surface area (Å²) in [6, 6.07) is 1.73. The predicted molar refractivity (Wildman–Crippen MR) is 93.6 cm³/mol. The maximum Gasteiger partial charge on any atom is 0.224 e. The van der Waals surface area contributed by atoms with Crippen molar-refractivity contribution in [1.82, 2.24) is 15.0 Å². The van der Waals surface area contributed by atoms with E-state index >= 15 is 0 Å². The van der Waals surface area contributed by atoms with Crippen LogP contribution in [0.4, 0.5) is 33.3 Å². The molecule has 2 N–H and O–H groups in total. The fourth-order valence-electron chi connectivity index (χ4n) is 2.97. The predicted octanol–water partition coefficient (Wildman–Crippen LogP) is 1.59. The van der Waals surface area contributed by atoms with Gasteiger partial charge in [-0.15, -0.1) is 0 Å². The molecule has 25 heavy (non-hydrogen) atoms. The Kier molecular flexibility index (Phi) is 3.92. The third kappa shape index (κ3) is 2.86. The van der Waals surface area contributed by atoms with Gasteiger partial charge in [0.25, 0.3) is 0 Å². The van der Waals surface area contributed by atoms with E-state index in [9.17, 15) is 4.39 Å². The van der Waals surface area contributed by atoms with Crippen LogP contribution < -0.4 is 15.5 Å². The Hall–Kier alpha value is -2.81. The molecule has 0 amide bonds. The number of hydrogen-bond acceptors (Lipinski definition) is 8. The summed E-state index contributed by atoms with van der Waals surface area (Å²) in [6.07, 6.45) is 3.27. The zero-order valence-corrected chi connectivity index (χ0v) is 13.8. The SMILES string of the molecule is Cc1cc(N2CC=Nc3c(N4CCOCC4)nc(N)nc32)cnc1F. The van der Waals surface area contributed by atoms with Crippen molar-refractivity contribution in [2.24, 2.45) is 4.99 Å². The van der Waals surface area contributed by atoms with E-state index in [0.29, 0.717) is 42.6 Å². The van der Waals surface area contributed by atoms with Crippen molar-refractivity contribution < 1.29 is 9.13 Å². The van der Waals surface area contributed by atoms with Crippen molar-refractivity contribution in [1.29, 1.82) is 0 Å². The number of nitrogen functional groups attached to an aromatic ring is 1. The van der Waals surface area contributed by atoms with Crippen molar-refractivity contribution in [3.8, 4) is 0 Å². The van der Waals surface area contributed by atoms with Gasteiger partial charge >= 0.3 is 0 Å². The molecule has 0 atom stereocenters. The molecule has 4 rings (SSSR count). The zero-order valence-electron chi connectivity index (χ0n) is 13.8. The first-order valence-electron chi connectivity index (χ1n) is 8.06. The van der Waals surface area contributed by atoms with Gasteiger partial charge in [-0.2, -0.15) is 14.4 Å². The van der Waals surface area contributed by atoms with Crippen LogP contribution in [0.15, 0.2) is 17.3 Å². The molecule has 0 radical (unpaired) electrons. The number of morpholine rings is 1. The van der Waals surface area contributed by atoms with Crippen LogP contribution in [-0.2, 0) is 4.74 Å². The molecule has 130 valence electrons. The minimum absolute atomic E-state index is 0.175. The van der Waals surface area contributed by atoms with Crippen LogP contribution in [0, 0.1) is 12.9 Å². The maximum atomic E-state index is 13.5. The Morgan fingerprint density at radius 1 is 1.20 bits per heavy atom. The van der Waals surface area contributed by atoms with E-state index in [0.717, 1.165) is 18.8 Å². The van der Waals surface area contributed by atoms with Crippen LogP contribution >= 0.6 is 0 Å². The molecule has 0 bridgehead atoms. The summed E-state index contributed by atoms with van der Waals surface area (Å²) in [5, 5.41) is 0. The Morgan fingerprint density at radius 2 is 1.96 bits per heavy atom. The van der Waals surface area contributed by atoms with Gasteiger partial charge in [0, 0.05) is 24.9 Å². The zero-order chi connectivity index (χ0) is 17.4. The number of pyridine rings is 1. The quantitative estimate of drug-likeness (QED) is 0.828. The van der Waals surface area contributed by atoms with Gasteiger partial charge in [-0.3, -0.25) is 4.99 Å². The van der Waals surface area contributed by atoms with Gasteiger partial charge < -0.3 is 20.3 Å². The highest BCUT2D eigenvalue weighted by Crippen LogP contribution is 2.41. The van der Waals surface area contributed by atoms with Gasteiger partial charge in [-0.05, 0) is 13.0 Å². The number of nitrogens with zero attached hydrogens (tertiary/aromatic N) is 6. The number of hydrogen-bond donors (Lipinski definition) is 1. The highest BCUT2D eigenvalue weighted by atomic mass is 19.1. The third-order valence-corrected chi connectivity index (χ3v) is 4.23. The first-order valence-corrected chi connectivity index (χ1v) is 8.06.